The van der Waals surface area contributed by atoms with Gasteiger partial charge in [0.25, 0.3) is 0 Å². The van der Waals surface area contributed by atoms with Gasteiger partial charge in [-0.25, -0.2) is 0 Å². The van der Waals surface area contributed by atoms with Crippen molar-refractivity contribution in [3.05, 3.63) is 71.4 Å². The summed E-state index contributed by atoms with van der Waals surface area (Å²) in [5.74, 6) is 0. The standard InChI is InChI=1S/C22H26N2/c1-16(14-15-17-8-3-2-4-9-17)23-21-13-7-11-19-18-10-5-6-12-20(18)24-22(19)21/h2-6,8-10,12,16,21,23-24H,7,11,13-15H2,1H3. The number of hydrogen-bond acceptors (Lipinski definition) is 1. The van der Waals surface area contributed by atoms with Gasteiger partial charge in [-0.15, -0.1) is 0 Å². The number of aromatic amines is 1. The Bertz CT molecular complexity index is 803. The third-order valence-corrected chi connectivity index (χ3v) is 5.31. The van der Waals surface area contributed by atoms with E-state index in [2.05, 4.69) is 71.8 Å². The summed E-state index contributed by atoms with van der Waals surface area (Å²) in [6.45, 7) is 2.32. The van der Waals surface area contributed by atoms with Crippen LogP contribution in [-0.4, -0.2) is 11.0 Å². The van der Waals surface area contributed by atoms with Crippen LogP contribution in [0.4, 0.5) is 0 Å². The van der Waals surface area contributed by atoms with Crippen molar-refractivity contribution in [2.75, 3.05) is 0 Å². The molecule has 2 aromatic carbocycles. The second-order valence-electron chi connectivity index (χ2n) is 7.10. The number of hydrogen-bond donors (Lipinski definition) is 2. The van der Waals surface area contributed by atoms with Crippen molar-refractivity contribution in [1.82, 2.24) is 10.3 Å². The smallest absolute Gasteiger partial charge is 0.0478 e. The maximum atomic E-state index is 3.87. The summed E-state index contributed by atoms with van der Waals surface area (Å²) < 4.78 is 0. The number of aromatic nitrogens is 1. The molecule has 2 heteroatoms. The average molecular weight is 318 g/mol. The minimum absolute atomic E-state index is 0.465. The van der Waals surface area contributed by atoms with Gasteiger partial charge in [-0.3, -0.25) is 0 Å². The van der Waals surface area contributed by atoms with Gasteiger partial charge in [0, 0.05) is 28.7 Å². The molecular weight excluding hydrogens is 292 g/mol. The number of rotatable bonds is 5. The van der Waals surface area contributed by atoms with E-state index >= 15 is 0 Å². The number of H-pyrrole nitrogens is 1. The van der Waals surface area contributed by atoms with Crippen LogP contribution in [0.3, 0.4) is 0 Å². The molecule has 2 N–H and O–H groups in total. The van der Waals surface area contributed by atoms with Crippen LogP contribution in [0.1, 0.15) is 49.0 Å². The number of nitrogens with one attached hydrogen (secondary N) is 2. The van der Waals surface area contributed by atoms with Gasteiger partial charge in [0.1, 0.15) is 0 Å². The van der Waals surface area contributed by atoms with Gasteiger partial charge >= 0.3 is 0 Å². The Labute approximate surface area is 144 Å². The Morgan fingerprint density at radius 2 is 1.88 bits per heavy atom. The van der Waals surface area contributed by atoms with Gasteiger partial charge in [-0.2, -0.15) is 0 Å². The molecule has 2 atom stereocenters. The first-order chi connectivity index (χ1) is 11.8. The SMILES string of the molecule is CC(CCc1ccccc1)NC1CCCc2c1[nH]c1ccccc21. The topological polar surface area (TPSA) is 27.8 Å². The number of fused-ring (bicyclic) bond motifs is 3. The van der Waals surface area contributed by atoms with E-state index in [4.69, 9.17) is 0 Å². The Kier molecular flexibility index (Phi) is 4.40. The summed E-state index contributed by atoms with van der Waals surface area (Å²) in [4.78, 5) is 3.68. The molecule has 24 heavy (non-hydrogen) atoms. The molecule has 0 radical (unpaired) electrons. The monoisotopic (exact) mass is 318 g/mol. The lowest BCUT2D eigenvalue weighted by molar-refractivity contribution is 0.391. The normalized spacial score (nSPS) is 18.5. The fourth-order valence-electron chi connectivity index (χ4n) is 4.04. The lowest BCUT2D eigenvalue weighted by Crippen LogP contribution is -2.33. The van der Waals surface area contributed by atoms with Crippen LogP contribution < -0.4 is 5.32 Å². The molecule has 1 aliphatic rings. The number of aryl methyl sites for hydroxylation is 2. The highest BCUT2D eigenvalue weighted by Gasteiger charge is 2.24. The van der Waals surface area contributed by atoms with E-state index in [-0.39, 0.29) is 0 Å². The van der Waals surface area contributed by atoms with Gasteiger partial charge < -0.3 is 10.3 Å². The molecule has 0 bridgehead atoms. The van der Waals surface area contributed by atoms with Crippen LogP contribution >= 0.6 is 0 Å². The third-order valence-electron chi connectivity index (χ3n) is 5.31. The number of para-hydroxylation sites is 1. The van der Waals surface area contributed by atoms with Gasteiger partial charge in [-0.05, 0) is 56.2 Å². The Balaban J connectivity index is 1.46. The van der Waals surface area contributed by atoms with Crippen molar-refractivity contribution in [2.45, 2.75) is 51.1 Å². The molecule has 1 heterocycles. The van der Waals surface area contributed by atoms with Gasteiger partial charge in [0.2, 0.25) is 0 Å². The molecule has 2 nitrogen and oxygen atoms in total. The molecule has 0 spiro atoms. The fraction of sp³-hybridized carbons (Fsp3) is 0.364. The van der Waals surface area contributed by atoms with Crippen LogP contribution in [0.5, 0.6) is 0 Å². The lowest BCUT2D eigenvalue weighted by atomic mass is 9.91. The molecule has 0 saturated heterocycles. The summed E-state index contributed by atoms with van der Waals surface area (Å²) >= 11 is 0. The van der Waals surface area contributed by atoms with Crippen molar-refractivity contribution in [1.29, 1.82) is 0 Å². The van der Waals surface area contributed by atoms with E-state index in [1.54, 1.807) is 0 Å². The Morgan fingerprint density at radius 1 is 1.08 bits per heavy atom. The van der Waals surface area contributed by atoms with E-state index < -0.39 is 0 Å². The highest BCUT2D eigenvalue weighted by Crippen LogP contribution is 2.34. The van der Waals surface area contributed by atoms with Crippen LogP contribution in [0.15, 0.2) is 54.6 Å². The predicted octanol–water partition coefficient (Wildman–Crippen LogP) is 5.16. The first kappa shape index (κ1) is 15.5. The lowest BCUT2D eigenvalue weighted by Gasteiger charge is -2.27. The predicted molar refractivity (Wildman–Crippen MR) is 101 cm³/mol. The average Bonchev–Trinajstić information content (AvgIpc) is 3.01. The van der Waals surface area contributed by atoms with Crippen molar-refractivity contribution < 1.29 is 0 Å². The first-order valence-corrected chi connectivity index (χ1v) is 9.21. The van der Waals surface area contributed by atoms with E-state index in [9.17, 15) is 0 Å². The van der Waals surface area contributed by atoms with E-state index in [0.717, 1.165) is 6.42 Å². The molecule has 1 aromatic heterocycles. The fourth-order valence-corrected chi connectivity index (χ4v) is 4.04. The molecule has 3 aromatic rings. The van der Waals surface area contributed by atoms with Gasteiger partial charge in [0.05, 0.1) is 0 Å². The summed E-state index contributed by atoms with van der Waals surface area (Å²) in [6.07, 6.45) is 6.03. The van der Waals surface area contributed by atoms with Crippen LogP contribution in [0, 0.1) is 0 Å². The zero-order valence-electron chi connectivity index (χ0n) is 14.4. The van der Waals surface area contributed by atoms with E-state index in [1.165, 1.54) is 53.4 Å². The Morgan fingerprint density at radius 3 is 2.75 bits per heavy atom. The van der Waals surface area contributed by atoms with Crippen molar-refractivity contribution in [3.63, 3.8) is 0 Å². The largest absolute Gasteiger partial charge is 0.357 e. The van der Waals surface area contributed by atoms with Crippen molar-refractivity contribution in [2.24, 2.45) is 0 Å². The summed E-state index contributed by atoms with van der Waals surface area (Å²) in [5.41, 5.74) is 5.67. The minimum atomic E-state index is 0.465. The molecular formula is C22H26N2. The van der Waals surface area contributed by atoms with Crippen LogP contribution in [-0.2, 0) is 12.8 Å². The first-order valence-electron chi connectivity index (χ1n) is 9.21. The highest BCUT2D eigenvalue weighted by molar-refractivity contribution is 5.85. The summed E-state index contributed by atoms with van der Waals surface area (Å²) in [5, 5.41) is 5.29. The molecule has 4 rings (SSSR count). The summed E-state index contributed by atoms with van der Waals surface area (Å²) in [7, 11) is 0. The molecule has 2 unspecified atom stereocenters. The molecule has 124 valence electrons. The maximum absolute atomic E-state index is 3.87. The van der Waals surface area contributed by atoms with Gasteiger partial charge in [-0.1, -0.05) is 48.5 Å². The second kappa shape index (κ2) is 6.82. The van der Waals surface area contributed by atoms with Gasteiger partial charge in [0.15, 0.2) is 0 Å². The maximum Gasteiger partial charge on any atom is 0.0478 e. The quantitative estimate of drug-likeness (QED) is 0.668. The molecule has 0 amide bonds. The zero-order valence-corrected chi connectivity index (χ0v) is 14.4. The summed E-state index contributed by atoms with van der Waals surface area (Å²) in [6, 6.07) is 20.5. The van der Waals surface area contributed by atoms with Crippen LogP contribution in [0.25, 0.3) is 10.9 Å². The highest BCUT2D eigenvalue weighted by atomic mass is 15.0. The van der Waals surface area contributed by atoms with E-state index in [1.807, 2.05) is 0 Å². The number of benzene rings is 2. The molecule has 0 aliphatic heterocycles. The van der Waals surface area contributed by atoms with Crippen LogP contribution in [0.2, 0.25) is 0 Å². The molecule has 0 fully saturated rings. The Hall–Kier alpha value is -2.06. The third kappa shape index (κ3) is 3.11. The van der Waals surface area contributed by atoms with Crippen molar-refractivity contribution >= 4 is 10.9 Å². The van der Waals surface area contributed by atoms with E-state index in [0.29, 0.717) is 12.1 Å². The van der Waals surface area contributed by atoms with Crippen molar-refractivity contribution in [3.8, 4) is 0 Å². The molecule has 0 saturated carbocycles. The second-order valence-corrected chi connectivity index (χ2v) is 7.10. The molecule has 1 aliphatic carbocycles. The minimum Gasteiger partial charge on any atom is -0.357 e. The zero-order chi connectivity index (χ0) is 16.4.